The van der Waals surface area contributed by atoms with Gasteiger partial charge >= 0.3 is 0 Å². The monoisotopic (exact) mass is 343 g/mol. The van der Waals surface area contributed by atoms with Crippen molar-refractivity contribution in [2.45, 2.75) is 43.9 Å². The van der Waals surface area contributed by atoms with E-state index in [1.54, 1.807) is 11.8 Å². The first-order chi connectivity index (χ1) is 11.5. The lowest BCUT2D eigenvalue weighted by molar-refractivity contribution is -0.121. The first-order valence-corrected chi connectivity index (χ1v) is 9.06. The third-order valence-corrected chi connectivity index (χ3v) is 4.79. The molecule has 128 valence electrons. The van der Waals surface area contributed by atoms with Gasteiger partial charge in [0.2, 0.25) is 5.91 Å². The van der Waals surface area contributed by atoms with Crippen LogP contribution in [0, 0.1) is 13.8 Å². The Labute approximate surface area is 148 Å². The highest BCUT2D eigenvalue weighted by molar-refractivity contribution is 8.00. The number of thioether (sulfide) groups is 1. The number of para-hydroxylation sites is 1. The van der Waals surface area contributed by atoms with E-state index >= 15 is 0 Å². The van der Waals surface area contributed by atoms with E-state index in [2.05, 4.69) is 36.5 Å². The number of amides is 1. The fourth-order valence-corrected chi connectivity index (χ4v) is 3.09. The van der Waals surface area contributed by atoms with Crippen molar-refractivity contribution in [1.29, 1.82) is 0 Å². The average molecular weight is 343 g/mol. The maximum atomic E-state index is 12.3. The second-order valence-corrected chi connectivity index (χ2v) is 7.47. The molecule has 0 unspecified atom stereocenters. The van der Waals surface area contributed by atoms with Gasteiger partial charge in [0.25, 0.3) is 0 Å². The zero-order chi connectivity index (χ0) is 17.5. The summed E-state index contributed by atoms with van der Waals surface area (Å²) in [4.78, 5) is 13.4. The lowest BCUT2D eigenvalue weighted by atomic mass is 10.2. The summed E-state index contributed by atoms with van der Waals surface area (Å²) in [6.07, 6.45) is 0. The minimum absolute atomic E-state index is 0.0291. The summed E-state index contributed by atoms with van der Waals surface area (Å²) in [7, 11) is 0. The first kappa shape index (κ1) is 18.4. The van der Waals surface area contributed by atoms with Crippen molar-refractivity contribution < 1.29 is 9.53 Å². The molecule has 0 aromatic heterocycles. The molecule has 0 bridgehead atoms. The number of nitrogens with one attached hydrogen (secondary N) is 1. The molecule has 0 saturated heterocycles. The van der Waals surface area contributed by atoms with Crippen LogP contribution in [0.1, 0.15) is 25.0 Å². The molecule has 2 aromatic rings. The molecule has 2 rings (SSSR count). The highest BCUT2D eigenvalue weighted by Gasteiger charge is 2.17. The highest BCUT2D eigenvalue weighted by atomic mass is 32.2. The molecule has 2 aromatic carbocycles. The van der Waals surface area contributed by atoms with Gasteiger partial charge in [-0.3, -0.25) is 4.79 Å². The molecular weight excluding hydrogens is 318 g/mol. The molecular formula is C20H25NO2S. The zero-order valence-electron chi connectivity index (χ0n) is 14.7. The van der Waals surface area contributed by atoms with Crippen LogP contribution in [0.2, 0.25) is 0 Å². The fraction of sp³-hybridized carbons (Fsp3) is 0.350. The van der Waals surface area contributed by atoms with E-state index < -0.39 is 0 Å². The van der Waals surface area contributed by atoms with E-state index in [0.29, 0.717) is 6.61 Å². The molecule has 0 spiro atoms. The van der Waals surface area contributed by atoms with E-state index in [4.69, 9.17) is 4.74 Å². The van der Waals surface area contributed by atoms with Gasteiger partial charge in [-0.2, -0.15) is 0 Å². The number of aryl methyl sites for hydroxylation is 2. The van der Waals surface area contributed by atoms with Crippen LogP contribution in [-0.4, -0.2) is 23.8 Å². The van der Waals surface area contributed by atoms with Crippen LogP contribution in [-0.2, 0) is 4.79 Å². The molecule has 1 N–H and O–H groups in total. The molecule has 0 radical (unpaired) electrons. The Morgan fingerprint density at radius 3 is 2.42 bits per heavy atom. The van der Waals surface area contributed by atoms with Crippen molar-refractivity contribution in [1.82, 2.24) is 5.32 Å². The second-order valence-electron chi connectivity index (χ2n) is 6.06. The molecule has 3 nitrogen and oxygen atoms in total. The van der Waals surface area contributed by atoms with Crippen LogP contribution in [0.5, 0.6) is 5.75 Å². The predicted molar refractivity (Wildman–Crippen MR) is 101 cm³/mol. The van der Waals surface area contributed by atoms with Crippen LogP contribution < -0.4 is 10.1 Å². The van der Waals surface area contributed by atoms with Crippen LogP contribution in [0.25, 0.3) is 0 Å². The van der Waals surface area contributed by atoms with Gasteiger partial charge in [-0.15, -0.1) is 11.8 Å². The summed E-state index contributed by atoms with van der Waals surface area (Å²) in [5.41, 5.74) is 2.32. The zero-order valence-corrected chi connectivity index (χ0v) is 15.5. The Bertz CT molecular complexity index is 670. The van der Waals surface area contributed by atoms with Crippen molar-refractivity contribution in [3.05, 3.63) is 59.7 Å². The van der Waals surface area contributed by atoms with Gasteiger partial charge in [0.1, 0.15) is 12.4 Å². The topological polar surface area (TPSA) is 38.3 Å². The second kappa shape index (κ2) is 8.78. The minimum Gasteiger partial charge on any atom is -0.491 e. The van der Waals surface area contributed by atoms with E-state index in [1.165, 1.54) is 5.56 Å². The Morgan fingerprint density at radius 2 is 1.75 bits per heavy atom. The molecule has 0 aliphatic rings. The fourth-order valence-electron chi connectivity index (χ4n) is 2.21. The molecule has 0 fully saturated rings. The number of rotatable bonds is 7. The standard InChI is InChI=1S/C20H25NO2S/c1-14-9-11-18(12-10-14)24-17(4)20(22)21-16(3)13-23-19-8-6-5-7-15(19)2/h5-12,16-17H,13H2,1-4H3,(H,21,22)/t16-,17-/m0/s1. The summed E-state index contributed by atoms with van der Waals surface area (Å²) in [6, 6.07) is 16.1. The van der Waals surface area contributed by atoms with Crippen LogP contribution in [0.4, 0.5) is 0 Å². The quantitative estimate of drug-likeness (QED) is 0.759. The van der Waals surface area contributed by atoms with Gasteiger partial charge in [0, 0.05) is 4.90 Å². The first-order valence-electron chi connectivity index (χ1n) is 8.18. The Kier molecular flexibility index (Phi) is 6.73. The van der Waals surface area contributed by atoms with E-state index in [9.17, 15) is 4.79 Å². The Morgan fingerprint density at radius 1 is 1.08 bits per heavy atom. The third-order valence-electron chi connectivity index (χ3n) is 3.67. The van der Waals surface area contributed by atoms with Crippen molar-refractivity contribution >= 4 is 17.7 Å². The van der Waals surface area contributed by atoms with Gasteiger partial charge in [-0.1, -0.05) is 35.9 Å². The highest BCUT2D eigenvalue weighted by Crippen LogP contribution is 2.23. The number of benzene rings is 2. The maximum Gasteiger partial charge on any atom is 0.233 e. The van der Waals surface area contributed by atoms with Crippen LogP contribution in [0.15, 0.2) is 53.4 Å². The number of hydrogen-bond acceptors (Lipinski definition) is 3. The van der Waals surface area contributed by atoms with Crippen molar-refractivity contribution in [3.63, 3.8) is 0 Å². The van der Waals surface area contributed by atoms with Gasteiger partial charge in [-0.05, 0) is 51.5 Å². The summed E-state index contributed by atoms with van der Waals surface area (Å²) in [6.45, 7) is 8.41. The van der Waals surface area contributed by atoms with Crippen LogP contribution in [0.3, 0.4) is 0 Å². The molecule has 24 heavy (non-hydrogen) atoms. The smallest absolute Gasteiger partial charge is 0.233 e. The summed E-state index contributed by atoms with van der Waals surface area (Å²) >= 11 is 1.57. The van der Waals surface area contributed by atoms with Crippen molar-refractivity contribution in [2.75, 3.05) is 6.61 Å². The van der Waals surface area contributed by atoms with Gasteiger partial charge in [0.15, 0.2) is 0 Å². The lowest BCUT2D eigenvalue weighted by Gasteiger charge is -2.18. The SMILES string of the molecule is Cc1ccc(S[C@@H](C)C(=O)N[C@@H](C)COc2ccccc2C)cc1. The minimum atomic E-state index is -0.145. The predicted octanol–water partition coefficient (Wildman–Crippen LogP) is 4.37. The Hall–Kier alpha value is -1.94. The number of ether oxygens (including phenoxy) is 1. The van der Waals surface area contributed by atoms with E-state index in [1.807, 2.05) is 45.0 Å². The Balaban J connectivity index is 1.80. The molecule has 1 amide bonds. The van der Waals surface area contributed by atoms with Gasteiger partial charge in [-0.25, -0.2) is 0 Å². The number of carbonyl (C=O) groups excluding carboxylic acids is 1. The van der Waals surface area contributed by atoms with Gasteiger partial charge in [0.05, 0.1) is 11.3 Å². The number of carbonyl (C=O) groups is 1. The molecule has 0 heterocycles. The average Bonchev–Trinajstić information content (AvgIpc) is 2.56. The molecule has 0 aliphatic carbocycles. The normalized spacial score (nSPS) is 13.2. The van der Waals surface area contributed by atoms with Gasteiger partial charge < -0.3 is 10.1 Å². The van der Waals surface area contributed by atoms with Crippen molar-refractivity contribution in [3.8, 4) is 5.75 Å². The lowest BCUT2D eigenvalue weighted by Crippen LogP contribution is -2.40. The van der Waals surface area contributed by atoms with E-state index in [-0.39, 0.29) is 17.2 Å². The largest absolute Gasteiger partial charge is 0.491 e. The number of hydrogen-bond donors (Lipinski definition) is 1. The summed E-state index contributed by atoms with van der Waals surface area (Å²) in [5.74, 6) is 0.891. The van der Waals surface area contributed by atoms with Crippen molar-refractivity contribution in [2.24, 2.45) is 0 Å². The third kappa shape index (κ3) is 5.60. The summed E-state index contributed by atoms with van der Waals surface area (Å²) in [5, 5.41) is 2.87. The van der Waals surface area contributed by atoms with Crippen LogP contribution >= 0.6 is 11.8 Å². The molecule has 0 saturated carbocycles. The van der Waals surface area contributed by atoms with E-state index in [0.717, 1.165) is 16.2 Å². The molecule has 4 heteroatoms. The maximum absolute atomic E-state index is 12.3. The molecule has 2 atom stereocenters. The molecule has 0 aliphatic heterocycles. The summed E-state index contributed by atoms with van der Waals surface area (Å²) < 4.78 is 5.79.